The maximum atomic E-state index is 5.79. The predicted molar refractivity (Wildman–Crippen MR) is 63.0 cm³/mol. The predicted octanol–water partition coefficient (Wildman–Crippen LogP) is 1.57. The molecule has 0 bridgehead atoms. The van der Waals surface area contributed by atoms with E-state index >= 15 is 0 Å². The van der Waals surface area contributed by atoms with E-state index in [-0.39, 0.29) is 5.41 Å². The summed E-state index contributed by atoms with van der Waals surface area (Å²) in [6, 6.07) is 10.2. The highest BCUT2D eigenvalue weighted by atomic mass is 16.5. The zero-order chi connectivity index (χ0) is 11.3. The molecule has 16 heavy (non-hydrogen) atoms. The monoisotopic (exact) mass is 221 g/mol. The van der Waals surface area contributed by atoms with E-state index in [2.05, 4.69) is 12.1 Å². The molecule has 0 radical (unpaired) electrons. The van der Waals surface area contributed by atoms with Crippen molar-refractivity contribution in [2.24, 2.45) is 11.1 Å². The fraction of sp³-hybridized carbons (Fsp3) is 0.538. The van der Waals surface area contributed by atoms with Crippen molar-refractivity contribution in [1.82, 2.24) is 0 Å². The van der Waals surface area contributed by atoms with E-state index in [1.54, 1.807) is 0 Å². The highest BCUT2D eigenvalue weighted by Gasteiger charge is 2.33. The van der Waals surface area contributed by atoms with Crippen LogP contribution in [0.25, 0.3) is 0 Å². The third-order valence-corrected chi connectivity index (χ3v) is 3.14. The molecule has 88 valence electrons. The van der Waals surface area contributed by atoms with E-state index in [9.17, 15) is 0 Å². The van der Waals surface area contributed by atoms with Crippen molar-refractivity contribution in [3.63, 3.8) is 0 Å². The van der Waals surface area contributed by atoms with Crippen molar-refractivity contribution >= 4 is 0 Å². The third-order valence-electron chi connectivity index (χ3n) is 3.14. The molecule has 0 aliphatic carbocycles. The molecule has 1 aromatic rings. The SMILES string of the molecule is NCC1(COCc2ccccc2)CCOC1. The van der Waals surface area contributed by atoms with Crippen molar-refractivity contribution in [2.75, 3.05) is 26.4 Å². The highest BCUT2D eigenvalue weighted by Crippen LogP contribution is 2.27. The van der Waals surface area contributed by atoms with Crippen LogP contribution in [0.5, 0.6) is 0 Å². The first-order valence-electron chi connectivity index (χ1n) is 5.74. The summed E-state index contributed by atoms with van der Waals surface area (Å²) in [4.78, 5) is 0. The first-order valence-corrected chi connectivity index (χ1v) is 5.74. The largest absolute Gasteiger partial charge is 0.381 e. The van der Waals surface area contributed by atoms with Crippen LogP contribution in [-0.2, 0) is 16.1 Å². The molecule has 1 aromatic carbocycles. The Bertz CT molecular complexity index is 307. The van der Waals surface area contributed by atoms with E-state index in [0.717, 1.165) is 19.6 Å². The van der Waals surface area contributed by atoms with E-state index in [1.165, 1.54) is 5.56 Å². The Hall–Kier alpha value is -0.900. The molecule has 1 heterocycles. The van der Waals surface area contributed by atoms with Crippen molar-refractivity contribution < 1.29 is 9.47 Å². The van der Waals surface area contributed by atoms with E-state index < -0.39 is 0 Å². The molecular weight excluding hydrogens is 202 g/mol. The van der Waals surface area contributed by atoms with Gasteiger partial charge in [-0.1, -0.05) is 30.3 Å². The molecule has 1 aliphatic rings. The van der Waals surface area contributed by atoms with Crippen LogP contribution in [0, 0.1) is 5.41 Å². The van der Waals surface area contributed by atoms with Crippen molar-refractivity contribution in [3.8, 4) is 0 Å². The van der Waals surface area contributed by atoms with Gasteiger partial charge in [0.1, 0.15) is 0 Å². The standard InChI is InChI=1S/C13H19NO2/c14-9-13(6-7-15-10-13)11-16-8-12-4-2-1-3-5-12/h1-5H,6-11,14H2. The minimum Gasteiger partial charge on any atom is -0.381 e. The van der Waals surface area contributed by atoms with Crippen LogP contribution in [0.4, 0.5) is 0 Å². The molecule has 1 atom stereocenters. The van der Waals surface area contributed by atoms with Gasteiger partial charge in [-0.3, -0.25) is 0 Å². The Morgan fingerprint density at radius 1 is 1.31 bits per heavy atom. The van der Waals surface area contributed by atoms with Crippen LogP contribution in [0.3, 0.4) is 0 Å². The van der Waals surface area contributed by atoms with Gasteiger partial charge in [0, 0.05) is 18.6 Å². The van der Waals surface area contributed by atoms with Crippen molar-refractivity contribution in [3.05, 3.63) is 35.9 Å². The van der Waals surface area contributed by atoms with Gasteiger partial charge in [0.2, 0.25) is 0 Å². The lowest BCUT2D eigenvalue weighted by atomic mass is 9.89. The van der Waals surface area contributed by atoms with Crippen LogP contribution in [0.15, 0.2) is 30.3 Å². The number of hydrogen-bond donors (Lipinski definition) is 1. The van der Waals surface area contributed by atoms with Gasteiger partial charge in [-0.2, -0.15) is 0 Å². The second-order valence-electron chi connectivity index (χ2n) is 4.49. The maximum absolute atomic E-state index is 5.79. The van der Waals surface area contributed by atoms with Gasteiger partial charge >= 0.3 is 0 Å². The number of nitrogens with two attached hydrogens (primary N) is 1. The van der Waals surface area contributed by atoms with E-state index in [0.29, 0.717) is 19.8 Å². The average Bonchev–Trinajstić information content (AvgIpc) is 2.80. The summed E-state index contributed by atoms with van der Waals surface area (Å²) in [6.07, 6.45) is 1.01. The van der Waals surface area contributed by atoms with Gasteiger partial charge in [-0.15, -0.1) is 0 Å². The third kappa shape index (κ3) is 2.82. The highest BCUT2D eigenvalue weighted by molar-refractivity contribution is 5.13. The number of benzene rings is 1. The molecule has 1 fully saturated rings. The zero-order valence-corrected chi connectivity index (χ0v) is 9.52. The van der Waals surface area contributed by atoms with E-state index in [4.69, 9.17) is 15.2 Å². The summed E-state index contributed by atoms with van der Waals surface area (Å²) in [5, 5.41) is 0. The Morgan fingerprint density at radius 3 is 2.75 bits per heavy atom. The average molecular weight is 221 g/mol. The molecule has 2 N–H and O–H groups in total. The van der Waals surface area contributed by atoms with Crippen LogP contribution in [0.1, 0.15) is 12.0 Å². The molecule has 1 aliphatic heterocycles. The van der Waals surface area contributed by atoms with Gasteiger partial charge in [0.05, 0.1) is 19.8 Å². The lowest BCUT2D eigenvalue weighted by Gasteiger charge is -2.24. The number of ether oxygens (including phenoxy) is 2. The molecule has 2 rings (SSSR count). The summed E-state index contributed by atoms with van der Waals surface area (Å²) >= 11 is 0. The second kappa shape index (κ2) is 5.43. The minimum atomic E-state index is 0.0504. The summed E-state index contributed by atoms with van der Waals surface area (Å²) < 4.78 is 11.1. The minimum absolute atomic E-state index is 0.0504. The Balaban J connectivity index is 1.79. The smallest absolute Gasteiger partial charge is 0.0717 e. The Kier molecular flexibility index (Phi) is 3.93. The van der Waals surface area contributed by atoms with Gasteiger partial charge < -0.3 is 15.2 Å². The lowest BCUT2D eigenvalue weighted by Crippen LogP contribution is -2.35. The van der Waals surface area contributed by atoms with Crippen LogP contribution in [-0.4, -0.2) is 26.4 Å². The molecular formula is C13H19NO2. The van der Waals surface area contributed by atoms with Crippen molar-refractivity contribution in [1.29, 1.82) is 0 Å². The normalized spacial score (nSPS) is 24.8. The summed E-state index contributed by atoms with van der Waals surface area (Å²) in [5.74, 6) is 0. The molecule has 0 aromatic heterocycles. The van der Waals surface area contributed by atoms with Gasteiger partial charge in [0.25, 0.3) is 0 Å². The fourth-order valence-corrected chi connectivity index (χ4v) is 1.94. The zero-order valence-electron chi connectivity index (χ0n) is 9.52. The van der Waals surface area contributed by atoms with Crippen LogP contribution < -0.4 is 5.73 Å². The quantitative estimate of drug-likeness (QED) is 0.820. The van der Waals surface area contributed by atoms with Gasteiger partial charge in [0.15, 0.2) is 0 Å². The topological polar surface area (TPSA) is 44.5 Å². The van der Waals surface area contributed by atoms with Crippen molar-refractivity contribution in [2.45, 2.75) is 13.0 Å². The Morgan fingerprint density at radius 2 is 2.12 bits per heavy atom. The van der Waals surface area contributed by atoms with Gasteiger partial charge in [-0.05, 0) is 12.0 Å². The number of rotatable bonds is 5. The summed E-state index contributed by atoms with van der Waals surface area (Å²) in [7, 11) is 0. The molecule has 1 unspecified atom stereocenters. The molecule has 0 saturated carbocycles. The van der Waals surface area contributed by atoms with Gasteiger partial charge in [-0.25, -0.2) is 0 Å². The summed E-state index contributed by atoms with van der Waals surface area (Å²) in [5.41, 5.74) is 7.04. The first-order chi connectivity index (χ1) is 7.85. The molecule has 1 saturated heterocycles. The first kappa shape index (κ1) is 11.6. The molecule has 0 spiro atoms. The van der Waals surface area contributed by atoms with Crippen LogP contribution >= 0.6 is 0 Å². The Labute approximate surface area is 96.5 Å². The molecule has 0 amide bonds. The molecule has 3 nitrogen and oxygen atoms in total. The molecule has 3 heteroatoms. The lowest BCUT2D eigenvalue weighted by molar-refractivity contribution is 0.0296. The van der Waals surface area contributed by atoms with Crippen LogP contribution in [0.2, 0.25) is 0 Å². The fourth-order valence-electron chi connectivity index (χ4n) is 1.94. The number of hydrogen-bond acceptors (Lipinski definition) is 3. The van der Waals surface area contributed by atoms with E-state index in [1.807, 2.05) is 18.2 Å². The maximum Gasteiger partial charge on any atom is 0.0717 e. The summed E-state index contributed by atoms with van der Waals surface area (Å²) in [6.45, 7) is 3.53. The second-order valence-corrected chi connectivity index (χ2v) is 4.49.